The van der Waals surface area contributed by atoms with Gasteiger partial charge in [-0.1, -0.05) is 243 Å². The summed E-state index contributed by atoms with van der Waals surface area (Å²) in [5, 5.41) is 7.64. The first-order valence-electron chi connectivity index (χ1n) is 29.1. The predicted molar refractivity (Wildman–Crippen MR) is 349 cm³/mol. The van der Waals surface area contributed by atoms with Gasteiger partial charge in [0.15, 0.2) is 0 Å². The van der Waals surface area contributed by atoms with Crippen molar-refractivity contribution in [2.45, 2.75) is 12.8 Å². The zero-order valence-corrected chi connectivity index (χ0v) is 45.3. The SMILES string of the molecule is C1=CC(c2c3c(c(-c4cc(-c5ccccc5)cc(-c5ccccc5)c4)c4ccccc24)C2=CC=C4c5c(c(-c6cc(-c7ccccc7)cc(-c7ccccc7)c6)c6cc7ccccc7cc6c5-c5ccccc5)C5=CC=C3C2C45)=CCC1. The minimum atomic E-state index is 0.0796. The van der Waals surface area contributed by atoms with E-state index >= 15 is 0 Å². The summed E-state index contributed by atoms with van der Waals surface area (Å²) in [6.07, 6.45) is 19.6. The Labute approximate surface area is 479 Å². The van der Waals surface area contributed by atoms with Gasteiger partial charge in [-0.3, -0.25) is 0 Å². The first-order chi connectivity index (χ1) is 40.7. The minimum Gasteiger partial charge on any atom is -0.0836 e. The molecule has 17 rings (SSSR count). The Morgan fingerprint density at radius 2 is 0.549 bits per heavy atom. The maximum atomic E-state index is 2.56. The molecular formula is C82H54. The molecular weight excluding hydrogens is 985 g/mol. The van der Waals surface area contributed by atoms with Crippen LogP contribution in [0.3, 0.4) is 0 Å². The molecule has 0 aliphatic heterocycles. The Kier molecular flexibility index (Phi) is 10.7. The van der Waals surface area contributed by atoms with Crippen molar-refractivity contribution in [2.24, 2.45) is 11.8 Å². The molecule has 0 nitrogen and oxygen atoms in total. The zero-order chi connectivity index (χ0) is 53.8. The van der Waals surface area contributed by atoms with Crippen molar-refractivity contribution in [3.05, 3.63) is 319 Å². The van der Waals surface area contributed by atoms with Crippen molar-refractivity contribution in [2.75, 3.05) is 0 Å². The van der Waals surface area contributed by atoms with E-state index in [1.165, 1.54) is 166 Å². The molecule has 2 unspecified atom stereocenters. The van der Waals surface area contributed by atoms with Crippen LogP contribution in [0.1, 0.15) is 40.7 Å². The van der Waals surface area contributed by atoms with E-state index in [1.807, 2.05) is 0 Å². The molecule has 0 bridgehead atoms. The lowest BCUT2D eigenvalue weighted by atomic mass is 9.71. The predicted octanol–water partition coefficient (Wildman–Crippen LogP) is 22.1. The summed E-state index contributed by atoms with van der Waals surface area (Å²) in [5.41, 5.74) is 31.2. The summed E-state index contributed by atoms with van der Waals surface area (Å²) < 4.78 is 0. The standard InChI is InChI=1S/C82H54/c1-7-23-51(24-8-1)59-43-60(52-25-9-2-10-26-52)46-63(45-59)75-66-38-22-21-37-65(66)73(55-31-15-5-16-32-55)79-67-39-42-70-78-68(40-41-69(77(67)78)81(75)79)80-74(56-33-17-6-18-34-56)71-49-57-35-19-20-36-58(57)50-72(71)76(82(70)80)64-47-61(53-27-11-3-12-28-53)44-62(48-64)54-29-13-4-14-30-54/h1-4,6-15,17-50,77-78H,5,16H2. The molecule has 0 spiro atoms. The molecule has 0 aromatic heterocycles. The van der Waals surface area contributed by atoms with Crippen LogP contribution in [0.4, 0.5) is 0 Å². The number of benzene rings is 12. The lowest BCUT2D eigenvalue weighted by Gasteiger charge is -2.31. The molecule has 382 valence electrons. The van der Waals surface area contributed by atoms with Crippen molar-refractivity contribution in [3.8, 4) is 77.9 Å². The highest BCUT2D eigenvalue weighted by atomic mass is 14.5. The molecule has 0 N–H and O–H groups in total. The second-order valence-electron chi connectivity index (χ2n) is 22.8. The van der Waals surface area contributed by atoms with Gasteiger partial charge in [0.05, 0.1) is 0 Å². The topological polar surface area (TPSA) is 0 Å². The van der Waals surface area contributed by atoms with Crippen LogP contribution in [-0.4, -0.2) is 0 Å². The summed E-state index contributed by atoms with van der Waals surface area (Å²) in [6, 6.07) is 93.1. The van der Waals surface area contributed by atoms with Crippen LogP contribution in [0.2, 0.25) is 0 Å². The van der Waals surface area contributed by atoms with Crippen LogP contribution in [0, 0.1) is 11.8 Å². The van der Waals surface area contributed by atoms with Gasteiger partial charge in [-0.05, 0) is 227 Å². The van der Waals surface area contributed by atoms with E-state index in [4.69, 9.17) is 0 Å². The van der Waals surface area contributed by atoms with Gasteiger partial charge in [0.2, 0.25) is 0 Å². The molecule has 0 amide bonds. The number of hydrogen-bond acceptors (Lipinski definition) is 0. The van der Waals surface area contributed by atoms with Gasteiger partial charge in [-0.25, -0.2) is 0 Å². The molecule has 0 saturated heterocycles. The van der Waals surface area contributed by atoms with Crippen molar-refractivity contribution >= 4 is 60.2 Å². The van der Waals surface area contributed by atoms with Gasteiger partial charge in [-0.2, -0.15) is 0 Å². The van der Waals surface area contributed by atoms with E-state index in [-0.39, 0.29) is 11.8 Å². The molecule has 5 aliphatic rings. The van der Waals surface area contributed by atoms with Gasteiger partial charge < -0.3 is 0 Å². The van der Waals surface area contributed by atoms with E-state index in [2.05, 4.69) is 291 Å². The molecule has 2 atom stereocenters. The van der Waals surface area contributed by atoms with E-state index < -0.39 is 0 Å². The Morgan fingerprint density at radius 3 is 0.939 bits per heavy atom. The van der Waals surface area contributed by atoms with Crippen LogP contribution < -0.4 is 0 Å². The smallest absolute Gasteiger partial charge is 0.0212 e. The quantitative estimate of drug-likeness (QED) is 0.133. The van der Waals surface area contributed by atoms with Crippen molar-refractivity contribution in [1.29, 1.82) is 0 Å². The molecule has 0 heterocycles. The summed E-state index contributed by atoms with van der Waals surface area (Å²) in [4.78, 5) is 0. The highest BCUT2D eigenvalue weighted by Crippen LogP contribution is 2.68. The summed E-state index contributed by atoms with van der Waals surface area (Å²) in [6.45, 7) is 0. The largest absolute Gasteiger partial charge is 0.0836 e. The zero-order valence-electron chi connectivity index (χ0n) is 45.3. The Morgan fingerprint density at radius 1 is 0.232 bits per heavy atom. The lowest BCUT2D eigenvalue weighted by molar-refractivity contribution is 0.758. The number of rotatable bonds is 8. The fraction of sp³-hybridized carbons (Fsp3) is 0.0488. The van der Waals surface area contributed by atoms with Gasteiger partial charge in [0.25, 0.3) is 0 Å². The average Bonchev–Trinajstić information content (AvgIpc) is 2.72. The second kappa shape index (κ2) is 18.7. The summed E-state index contributed by atoms with van der Waals surface area (Å²) in [5.74, 6) is 0.168. The minimum absolute atomic E-state index is 0.0796. The Bertz CT molecular complexity index is 4740. The highest BCUT2D eigenvalue weighted by Gasteiger charge is 2.51. The maximum Gasteiger partial charge on any atom is 0.0212 e. The monoisotopic (exact) mass is 1040 g/mol. The fourth-order valence-corrected chi connectivity index (χ4v) is 14.9. The first kappa shape index (κ1) is 46.7. The summed E-state index contributed by atoms with van der Waals surface area (Å²) in [7, 11) is 0. The van der Waals surface area contributed by atoms with Crippen LogP contribution in [0.5, 0.6) is 0 Å². The van der Waals surface area contributed by atoms with Crippen molar-refractivity contribution < 1.29 is 0 Å². The third-order valence-electron chi connectivity index (χ3n) is 18.3. The van der Waals surface area contributed by atoms with Crippen LogP contribution >= 0.6 is 0 Å². The van der Waals surface area contributed by atoms with E-state index in [0.29, 0.717) is 0 Å². The third kappa shape index (κ3) is 7.24. The molecule has 82 heavy (non-hydrogen) atoms. The number of fused-ring (bicyclic) bond motifs is 9. The molecule has 0 radical (unpaired) electrons. The van der Waals surface area contributed by atoms with Crippen LogP contribution in [-0.2, 0) is 0 Å². The van der Waals surface area contributed by atoms with E-state index in [0.717, 1.165) is 12.8 Å². The fourth-order valence-electron chi connectivity index (χ4n) is 14.9. The van der Waals surface area contributed by atoms with Gasteiger partial charge in [-0.15, -0.1) is 0 Å². The highest BCUT2D eigenvalue weighted by molar-refractivity contribution is 6.25. The average molecular weight is 1040 g/mol. The van der Waals surface area contributed by atoms with Gasteiger partial charge in [0, 0.05) is 11.8 Å². The molecule has 12 aromatic rings. The van der Waals surface area contributed by atoms with E-state index in [9.17, 15) is 0 Å². The number of allylic oxidation sites excluding steroid dienone is 12. The van der Waals surface area contributed by atoms with Crippen molar-refractivity contribution in [1.82, 2.24) is 0 Å². The molecule has 0 saturated carbocycles. The summed E-state index contributed by atoms with van der Waals surface area (Å²) >= 11 is 0. The molecule has 5 aliphatic carbocycles. The van der Waals surface area contributed by atoms with Crippen molar-refractivity contribution in [3.63, 3.8) is 0 Å². The normalized spacial score (nSPS) is 16.3. The van der Waals surface area contributed by atoms with Crippen LogP contribution in [0.25, 0.3) is 138 Å². The first-order valence-corrected chi connectivity index (χ1v) is 29.1. The maximum absolute atomic E-state index is 2.56. The molecule has 12 aromatic carbocycles. The lowest BCUT2D eigenvalue weighted by Crippen LogP contribution is -2.18. The number of hydrogen-bond donors (Lipinski definition) is 0. The molecule has 0 fully saturated rings. The van der Waals surface area contributed by atoms with Gasteiger partial charge in [0.1, 0.15) is 0 Å². The van der Waals surface area contributed by atoms with Gasteiger partial charge >= 0.3 is 0 Å². The molecule has 0 heteroatoms. The van der Waals surface area contributed by atoms with E-state index in [1.54, 1.807) is 0 Å². The van der Waals surface area contributed by atoms with Crippen LogP contribution in [0.15, 0.2) is 291 Å². The second-order valence-corrected chi connectivity index (χ2v) is 22.8. The Balaban J connectivity index is 0.991. The Hall–Kier alpha value is -10.1. The third-order valence-corrected chi connectivity index (χ3v) is 18.3.